The zero-order chi connectivity index (χ0) is 22.3. The van der Waals surface area contributed by atoms with Crippen molar-refractivity contribution < 1.29 is 0 Å². The molecule has 0 saturated carbocycles. The van der Waals surface area contributed by atoms with E-state index in [4.69, 9.17) is 0 Å². The van der Waals surface area contributed by atoms with Gasteiger partial charge in [-0.05, 0) is 0 Å². The predicted octanol–water partition coefficient (Wildman–Crippen LogP) is 5.83. The summed E-state index contributed by atoms with van der Waals surface area (Å²) >= 11 is -3.00. The average Bonchev–Trinajstić information content (AvgIpc) is 2.92. The number of benzene rings is 5. The first-order valence-corrected chi connectivity index (χ1v) is 15.2. The summed E-state index contributed by atoms with van der Waals surface area (Å²) in [5, 5.41) is 0. The third-order valence-electron chi connectivity index (χ3n) is 5.98. The van der Waals surface area contributed by atoms with Crippen molar-refractivity contribution in [3.05, 3.63) is 168 Å². The number of hydrogen-bond acceptors (Lipinski definition) is 0. The quantitative estimate of drug-likeness (QED) is 0.266. The van der Waals surface area contributed by atoms with Crippen molar-refractivity contribution >= 4 is 32.2 Å². The van der Waals surface area contributed by atoms with E-state index in [1.807, 2.05) is 0 Å². The van der Waals surface area contributed by atoms with E-state index in [1.165, 1.54) is 29.8 Å². The summed E-state index contributed by atoms with van der Waals surface area (Å²) in [5.74, 6) is 0. The van der Waals surface area contributed by atoms with Gasteiger partial charge in [0.25, 0.3) is 0 Å². The minimum atomic E-state index is -3.00. The molecular formula is C32H26As+. The van der Waals surface area contributed by atoms with Crippen molar-refractivity contribution in [1.29, 1.82) is 0 Å². The molecule has 5 aromatic carbocycles. The summed E-state index contributed by atoms with van der Waals surface area (Å²) < 4.78 is 4.24. The van der Waals surface area contributed by atoms with E-state index in [1.54, 1.807) is 0 Å². The standard InChI is InChI=1S/C32H26As/c1-6-16-27(17-7-1)32(28-18-8-2-9-19-28)26-33(29-20-10-3-11-21-29,30-22-12-4-13-23-30)31-24-14-5-15-25-31/h1-26H/q+1. The van der Waals surface area contributed by atoms with Crippen LogP contribution >= 0.6 is 0 Å². The molecule has 0 bridgehead atoms. The third kappa shape index (κ3) is 4.36. The summed E-state index contributed by atoms with van der Waals surface area (Å²) in [5.41, 5.74) is 3.79. The van der Waals surface area contributed by atoms with Crippen LogP contribution in [0.15, 0.2) is 157 Å². The summed E-state index contributed by atoms with van der Waals surface area (Å²) in [6, 6.07) is 54.9. The summed E-state index contributed by atoms with van der Waals surface area (Å²) in [4.78, 5) is 2.63. The van der Waals surface area contributed by atoms with Crippen molar-refractivity contribution in [2.24, 2.45) is 0 Å². The van der Waals surface area contributed by atoms with Gasteiger partial charge in [-0.1, -0.05) is 0 Å². The van der Waals surface area contributed by atoms with E-state index in [-0.39, 0.29) is 0 Å². The summed E-state index contributed by atoms with van der Waals surface area (Å²) in [6.07, 6.45) is 0. The van der Waals surface area contributed by atoms with Crippen molar-refractivity contribution in [3.63, 3.8) is 0 Å². The Morgan fingerprint density at radius 1 is 0.364 bits per heavy atom. The molecule has 0 aliphatic heterocycles. The molecule has 0 aliphatic rings. The van der Waals surface area contributed by atoms with Crippen molar-refractivity contribution in [2.45, 2.75) is 0 Å². The Balaban J connectivity index is 1.90. The fourth-order valence-electron chi connectivity index (χ4n) is 4.41. The van der Waals surface area contributed by atoms with Crippen molar-refractivity contribution in [2.75, 3.05) is 0 Å². The van der Waals surface area contributed by atoms with Crippen molar-refractivity contribution in [1.82, 2.24) is 0 Å². The second-order valence-corrected chi connectivity index (χ2v) is 14.8. The summed E-state index contributed by atoms with van der Waals surface area (Å²) in [7, 11) is 0. The Hall–Kier alpha value is -3.60. The SMILES string of the molecule is C(=C(c1ccccc1)c1ccccc1)[As+](c1ccccc1)(c1ccccc1)c1ccccc1. The molecule has 0 atom stereocenters. The molecule has 0 N–H and O–H groups in total. The van der Waals surface area contributed by atoms with Crippen LogP contribution < -0.4 is 13.1 Å². The Labute approximate surface area is 199 Å². The van der Waals surface area contributed by atoms with Crippen LogP contribution in [0.4, 0.5) is 0 Å². The predicted molar refractivity (Wildman–Crippen MR) is 144 cm³/mol. The minimum absolute atomic E-state index is 1.25. The van der Waals surface area contributed by atoms with Gasteiger partial charge < -0.3 is 0 Å². The molecule has 5 aromatic rings. The number of hydrogen-bond donors (Lipinski definition) is 0. The maximum atomic E-state index is 2.63. The van der Waals surface area contributed by atoms with Gasteiger partial charge in [0, 0.05) is 0 Å². The van der Waals surface area contributed by atoms with E-state index < -0.39 is 13.6 Å². The van der Waals surface area contributed by atoms with Gasteiger partial charge in [0.05, 0.1) is 0 Å². The molecule has 0 amide bonds. The Morgan fingerprint density at radius 3 is 0.939 bits per heavy atom. The first-order valence-electron chi connectivity index (χ1n) is 11.3. The molecule has 0 saturated heterocycles. The molecule has 0 nitrogen and oxygen atoms in total. The monoisotopic (exact) mass is 485 g/mol. The molecule has 0 unspecified atom stereocenters. The van der Waals surface area contributed by atoms with E-state index in [0.717, 1.165) is 0 Å². The Morgan fingerprint density at radius 2 is 0.636 bits per heavy atom. The fourth-order valence-corrected chi connectivity index (χ4v) is 12.7. The van der Waals surface area contributed by atoms with Gasteiger partial charge in [0.15, 0.2) is 0 Å². The first-order chi connectivity index (χ1) is 16.4. The van der Waals surface area contributed by atoms with E-state index in [9.17, 15) is 0 Å². The molecule has 0 fully saturated rings. The van der Waals surface area contributed by atoms with Gasteiger partial charge in [-0.3, -0.25) is 0 Å². The zero-order valence-electron chi connectivity index (χ0n) is 18.5. The van der Waals surface area contributed by atoms with Gasteiger partial charge in [-0.2, -0.15) is 0 Å². The van der Waals surface area contributed by atoms with E-state index in [2.05, 4.69) is 157 Å². The van der Waals surface area contributed by atoms with Crippen LogP contribution in [-0.2, 0) is 0 Å². The molecule has 0 spiro atoms. The van der Waals surface area contributed by atoms with Crippen LogP contribution in [0.3, 0.4) is 0 Å². The molecule has 5 rings (SSSR count). The van der Waals surface area contributed by atoms with Gasteiger partial charge >= 0.3 is 200 Å². The topological polar surface area (TPSA) is 0 Å². The van der Waals surface area contributed by atoms with Gasteiger partial charge in [-0.15, -0.1) is 0 Å². The Bertz CT molecular complexity index is 1170. The second kappa shape index (κ2) is 9.90. The van der Waals surface area contributed by atoms with Crippen LogP contribution in [0.1, 0.15) is 11.1 Å². The van der Waals surface area contributed by atoms with Crippen molar-refractivity contribution in [3.8, 4) is 0 Å². The Kier molecular flexibility index (Phi) is 6.38. The van der Waals surface area contributed by atoms with Crippen LogP contribution in [0.5, 0.6) is 0 Å². The summed E-state index contributed by atoms with van der Waals surface area (Å²) in [6.45, 7) is 0. The van der Waals surface area contributed by atoms with Crippen LogP contribution in [0.25, 0.3) is 5.57 Å². The normalized spacial score (nSPS) is 11.0. The third-order valence-corrected chi connectivity index (χ3v) is 14.3. The zero-order valence-corrected chi connectivity index (χ0v) is 20.3. The molecule has 0 aromatic heterocycles. The van der Waals surface area contributed by atoms with Gasteiger partial charge in [-0.25, -0.2) is 0 Å². The second-order valence-electron chi connectivity index (χ2n) is 8.00. The molecule has 0 heterocycles. The van der Waals surface area contributed by atoms with E-state index in [0.29, 0.717) is 0 Å². The number of rotatable bonds is 6. The maximum absolute atomic E-state index is 3.00. The van der Waals surface area contributed by atoms with Crippen LogP contribution in [0, 0.1) is 0 Å². The van der Waals surface area contributed by atoms with Crippen LogP contribution in [-0.4, -0.2) is 13.6 Å². The van der Waals surface area contributed by atoms with E-state index >= 15 is 0 Å². The molecule has 33 heavy (non-hydrogen) atoms. The average molecular weight is 485 g/mol. The molecule has 158 valence electrons. The van der Waals surface area contributed by atoms with Gasteiger partial charge in [0.1, 0.15) is 0 Å². The molecule has 0 aliphatic carbocycles. The molecule has 0 radical (unpaired) electrons. The van der Waals surface area contributed by atoms with Crippen LogP contribution in [0.2, 0.25) is 0 Å². The fraction of sp³-hybridized carbons (Fsp3) is 0. The molecule has 1 heteroatoms. The first kappa shape index (κ1) is 21.3. The molecular weight excluding hydrogens is 459 g/mol. The van der Waals surface area contributed by atoms with Gasteiger partial charge in [0.2, 0.25) is 0 Å².